The Labute approximate surface area is 160 Å². The van der Waals surface area contributed by atoms with E-state index < -0.39 is 10.0 Å². The van der Waals surface area contributed by atoms with Crippen molar-refractivity contribution in [1.82, 2.24) is 9.21 Å². The molecule has 1 N–H and O–H groups in total. The van der Waals surface area contributed by atoms with Gasteiger partial charge in [0, 0.05) is 31.7 Å². The first kappa shape index (κ1) is 19.4. The molecule has 6 nitrogen and oxygen atoms in total. The molecule has 7 heteroatoms. The van der Waals surface area contributed by atoms with Gasteiger partial charge in [-0.2, -0.15) is 4.31 Å². The fourth-order valence-electron chi connectivity index (χ4n) is 3.18. The predicted octanol–water partition coefficient (Wildman–Crippen LogP) is 2.49. The molecule has 1 amide bonds. The highest BCUT2D eigenvalue weighted by molar-refractivity contribution is 7.89. The Kier molecular flexibility index (Phi) is 5.82. The molecule has 27 heavy (non-hydrogen) atoms. The Hall–Kier alpha value is -2.38. The summed E-state index contributed by atoms with van der Waals surface area (Å²) in [6.45, 7) is 3.30. The van der Waals surface area contributed by atoms with Crippen LogP contribution in [0.3, 0.4) is 0 Å². The van der Waals surface area contributed by atoms with Crippen molar-refractivity contribution in [3.05, 3.63) is 59.7 Å². The molecule has 1 heterocycles. The first-order valence-electron chi connectivity index (χ1n) is 9.09. The molecule has 0 radical (unpaired) electrons. The van der Waals surface area contributed by atoms with E-state index in [0.717, 1.165) is 18.4 Å². The number of sulfonamides is 1. The van der Waals surface area contributed by atoms with Crippen molar-refractivity contribution in [3.63, 3.8) is 0 Å². The van der Waals surface area contributed by atoms with E-state index in [9.17, 15) is 18.3 Å². The number of carbonyl (C=O) groups excluding carboxylic acids is 1. The molecule has 1 saturated heterocycles. The van der Waals surface area contributed by atoms with Crippen molar-refractivity contribution in [2.75, 3.05) is 26.2 Å². The number of phenols is 1. The van der Waals surface area contributed by atoms with E-state index in [-0.39, 0.29) is 24.7 Å². The van der Waals surface area contributed by atoms with E-state index in [2.05, 4.69) is 6.92 Å². The largest absolute Gasteiger partial charge is 0.508 e. The number of benzene rings is 2. The molecule has 0 bridgehead atoms. The monoisotopic (exact) mass is 388 g/mol. The van der Waals surface area contributed by atoms with Crippen molar-refractivity contribution >= 4 is 15.9 Å². The molecule has 1 aliphatic heterocycles. The minimum Gasteiger partial charge on any atom is -0.508 e. The van der Waals surface area contributed by atoms with Crippen LogP contribution in [0.1, 0.15) is 29.3 Å². The van der Waals surface area contributed by atoms with E-state index in [1.807, 2.05) is 12.1 Å². The number of aryl methyl sites for hydroxylation is 1. The maximum absolute atomic E-state index is 12.8. The minimum atomic E-state index is -3.55. The summed E-state index contributed by atoms with van der Waals surface area (Å²) in [7, 11) is -3.55. The fourth-order valence-corrected chi connectivity index (χ4v) is 4.61. The quantitative estimate of drug-likeness (QED) is 0.854. The number of amides is 1. The number of carbonyl (C=O) groups is 1. The Morgan fingerprint density at radius 2 is 1.56 bits per heavy atom. The van der Waals surface area contributed by atoms with Gasteiger partial charge in [-0.25, -0.2) is 8.42 Å². The summed E-state index contributed by atoms with van der Waals surface area (Å²) in [5, 5.41) is 9.33. The van der Waals surface area contributed by atoms with Crippen LogP contribution in [0.4, 0.5) is 0 Å². The number of hydrogen-bond donors (Lipinski definition) is 1. The Morgan fingerprint density at radius 3 is 2.11 bits per heavy atom. The predicted molar refractivity (Wildman–Crippen MR) is 103 cm³/mol. The lowest BCUT2D eigenvalue weighted by molar-refractivity contribution is 0.0698. The molecule has 144 valence electrons. The molecule has 0 aliphatic carbocycles. The lowest BCUT2D eigenvalue weighted by atomic mass is 10.1. The molecule has 3 rings (SSSR count). The Balaban J connectivity index is 1.65. The molecular weight excluding hydrogens is 364 g/mol. The summed E-state index contributed by atoms with van der Waals surface area (Å²) < 4.78 is 27.1. The highest BCUT2D eigenvalue weighted by atomic mass is 32.2. The molecular formula is C20H24N2O4S. The lowest BCUT2D eigenvalue weighted by Gasteiger charge is -2.34. The van der Waals surface area contributed by atoms with Gasteiger partial charge in [0.15, 0.2) is 0 Å². The number of hydrogen-bond acceptors (Lipinski definition) is 4. The van der Waals surface area contributed by atoms with Gasteiger partial charge in [0.1, 0.15) is 5.75 Å². The third-order valence-corrected chi connectivity index (χ3v) is 6.65. The first-order valence-corrected chi connectivity index (χ1v) is 10.5. The number of nitrogens with zero attached hydrogens (tertiary/aromatic N) is 2. The number of rotatable bonds is 5. The van der Waals surface area contributed by atoms with E-state index in [4.69, 9.17) is 0 Å². The Morgan fingerprint density at radius 1 is 0.963 bits per heavy atom. The summed E-state index contributed by atoms with van der Waals surface area (Å²) in [6.07, 6.45) is 1.95. The van der Waals surface area contributed by atoms with Crippen molar-refractivity contribution in [1.29, 1.82) is 0 Å². The van der Waals surface area contributed by atoms with Gasteiger partial charge < -0.3 is 10.0 Å². The van der Waals surface area contributed by atoms with Gasteiger partial charge in [0.05, 0.1) is 4.90 Å². The lowest BCUT2D eigenvalue weighted by Crippen LogP contribution is -2.50. The second kappa shape index (κ2) is 8.10. The fraction of sp³-hybridized carbons (Fsp3) is 0.350. The first-order chi connectivity index (χ1) is 12.9. The van der Waals surface area contributed by atoms with Crippen LogP contribution >= 0.6 is 0 Å². The van der Waals surface area contributed by atoms with Crippen LogP contribution in [0.5, 0.6) is 5.75 Å². The Bertz CT molecular complexity index is 885. The van der Waals surface area contributed by atoms with Crippen LogP contribution in [0.15, 0.2) is 53.4 Å². The van der Waals surface area contributed by atoms with Crippen LogP contribution in [-0.2, 0) is 16.4 Å². The van der Waals surface area contributed by atoms with E-state index >= 15 is 0 Å². The number of phenolic OH excluding ortho intramolecular Hbond substituents is 1. The SMILES string of the molecule is CCCc1ccc(S(=O)(=O)N2CCN(C(=O)c3ccc(O)cc3)CC2)cc1. The maximum Gasteiger partial charge on any atom is 0.253 e. The van der Waals surface area contributed by atoms with Crippen LogP contribution in [0.2, 0.25) is 0 Å². The summed E-state index contributed by atoms with van der Waals surface area (Å²) in [6, 6.07) is 13.1. The second-order valence-electron chi connectivity index (χ2n) is 6.64. The van der Waals surface area contributed by atoms with Gasteiger partial charge in [-0.15, -0.1) is 0 Å². The van der Waals surface area contributed by atoms with Gasteiger partial charge >= 0.3 is 0 Å². The topological polar surface area (TPSA) is 77.9 Å². The summed E-state index contributed by atoms with van der Waals surface area (Å²) in [5.74, 6) is -0.0524. The third kappa shape index (κ3) is 4.31. The summed E-state index contributed by atoms with van der Waals surface area (Å²) in [4.78, 5) is 14.4. The van der Waals surface area contributed by atoms with Crippen molar-refractivity contribution < 1.29 is 18.3 Å². The molecule has 2 aromatic rings. The molecule has 0 unspecified atom stereocenters. The van der Waals surface area contributed by atoms with Crippen molar-refractivity contribution in [2.24, 2.45) is 0 Å². The van der Waals surface area contributed by atoms with E-state index in [0.29, 0.717) is 23.5 Å². The van der Waals surface area contributed by atoms with E-state index in [1.54, 1.807) is 29.2 Å². The average molecular weight is 388 g/mol. The molecule has 0 atom stereocenters. The van der Waals surface area contributed by atoms with Crippen LogP contribution in [-0.4, -0.2) is 54.8 Å². The molecule has 1 aliphatic rings. The summed E-state index contributed by atoms with van der Waals surface area (Å²) in [5.41, 5.74) is 1.61. The third-order valence-electron chi connectivity index (χ3n) is 4.74. The highest BCUT2D eigenvalue weighted by Gasteiger charge is 2.30. The maximum atomic E-state index is 12.8. The molecule has 2 aromatic carbocycles. The minimum absolute atomic E-state index is 0.104. The zero-order valence-electron chi connectivity index (χ0n) is 15.3. The van der Waals surface area contributed by atoms with Crippen molar-refractivity contribution in [3.8, 4) is 5.75 Å². The zero-order valence-corrected chi connectivity index (χ0v) is 16.2. The van der Waals surface area contributed by atoms with Gasteiger partial charge in [-0.3, -0.25) is 4.79 Å². The normalized spacial score (nSPS) is 15.7. The second-order valence-corrected chi connectivity index (χ2v) is 8.58. The molecule has 0 spiro atoms. The van der Waals surface area contributed by atoms with Gasteiger partial charge in [-0.05, 0) is 48.4 Å². The molecule has 0 aromatic heterocycles. The van der Waals surface area contributed by atoms with Gasteiger partial charge in [0.2, 0.25) is 10.0 Å². The standard InChI is InChI=1S/C20H24N2O4S/c1-2-3-16-4-10-19(11-5-16)27(25,26)22-14-12-21(13-15-22)20(24)17-6-8-18(23)9-7-17/h4-11,23H,2-3,12-15H2,1H3. The van der Waals surface area contributed by atoms with Crippen LogP contribution in [0.25, 0.3) is 0 Å². The molecule has 1 fully saturated rings. The van der Waals surface area contributed by atoms with Gasteiger partial charge in [-0.1, -0.05) is 25.5 Å². The van der Waals surface area contributed by atoms with Crippen LogP contribution in [0, 0.1) is 0 Å². The van der Waals surface area contributed by atoms with Gasteiger partial charge in [0.25, 0.3) is 5.91 Å². The van der Waals surface area contributed by atoms with Crippen LogP contribution < -0.4 is 0 Å². The highest BCUT2D eigenvalue weighted by Crippen LogP contribution is 2.20. The van der Waals surface area contributed by atoms with E-state index in [1.165, 1.54) is 16.4 Å². The number of aromatic hydroxyl groups is 1. The molecule has 0 saturated carbocycles. The van der Waals surface area contributed by atoms with Crippen molar-refractivity contribution in [2.45, 2.75) is 24.7 Å². The average Bonchev–Trinajstić information content (AvgIpc) is 2.69. The zero-order chi connectivity index (χ0) is 19.4. The number of piperazine rings is 1. The smallest absolute Gasteiger partial charge is 0.253 e. The summed E-state index contributed by atoms with van der Waals surface area (Å²) >= 11 is 0.